The average Bonchev–Trinajstić information content (AvgIpc) is 3.28. The molecule has 3 N–H and O–H groups in total. The van der Waals surface area contributed by atoms with Crippen LogP contribution in [0.15, 0.2) is 18.2 Å². The number of methoxy groups -OCH3 is 2. The number of hydrogen-bond acceptors (Lipinski definition) is 7. The molecule has 1 saturated heterocycles. The molecule has 1 aromatic rings. The van der Waals surface area contributed by atoms with Gasteiger partial charge in [-0.05, 0) is 80.6 Å². The van der Waals surface area contributed by atoms with Gasteiger partial charge in [-0.3, -0.25) is 4.79 Å². The van der Waals surface area contributed by atoms with E-state index in [1.165, 1.54) is 0 Å². The molecule has 0 spiro atoms. The van der Waals surface area contributed by atoms with Crippen molar-refractivity contribution in [3.8, 4) is 11.5 Å². The number of benzene rings is 1. The molecule has 1 aliphatic rings. The zero-order chi connectivity index (χ0) is 28.2. The maximum absolute atomic E-state index is 13.2. The summed E-state index contributed by atoms with van der Waals surface area (Å²) in [5.41, 5.74) is 7.74. The first-order valence-corrected chi connectivity index (χ1v) is 14.5. The molecule has 218 valence electrons. The molecule has 0 aliphatic carbocycles. The summed E-state index contributed by atoms with van der Waals surface area (Å²) in [4.78, 5) is 15.5. The number of rotatable bonds is 18. The molecule has 2 rings (SSSR count). The Morgan fingerprint density at radius 2 is 1.84 bits per heavy atom. The number of aliphatic hydroxyl groups is 1. The van der Waals surface area contributed by atoms with E-state index in [-0.39, 0.29) is 29.6 Å². The number of carbonyl (C=O) groups excluding carboxylic acids is 1. The molecule has 0 unspecified atom stereocenters. The number of nitrogens with zero attached hydrogens (tertiary/aromatic N) is 1. The number of hydrogen-bond donors (Lipinski definition) is 2. The van der Waals surface area contributed by atoms with Crippen LogP contribution in [0, 0.1) is 29.6 Å². The number of nitrogens with two attached hydrogens (primary N) is 1. The van der Waals surface area contributed by atoms with Gasteiger partial charge in [0.15, 0.2) is 11.5 Å². The lowest BCUT2D eigenvalue weighted by Crippen LogP contribution is -2.40. The molecule has 1 aromatic carbocycles. The SMILES string of the molecule is COCCCOc1cc(C[C@@H](C[C@H](N)[C@@H](O)C[C@H](C(=O)C[C@H]2CCN(C)C2)C(C)C)C(C)C)ccc1OC. The highest BCUT2D eigenvalue weighted by Crippen LogP contribution is 2.32. The van der Waals surface area contributed by atoms with Crippen molar-refractivity contribution >= 4 is 5.78 Å². The Labute approximate surface area is 231 Å². The van der Waals surface area contributed by atoms with E-state index in [9.17, 15) is 9.90 Å². The standard InChI is InChI=1S/C31H54N2O5/c1-21(2)25(15-23-9-10-30(37-7)31(17-23)38-14-8-13-36-6)18-27(32)29(35)19-26(22(3)4)28(34)16-24-11-12-33(5)20-24/h9-10,17,21-22,24-27,29,35H,8,11-16,18-20,32H2,1-7H3/t24-,25+,26+,27+,29+/m1/s1. The Bertz CT molecular complexity index is 830. The van der Waals surface area contributed by atoms with Gasteiger partial charge in [-0.25, -0.2) is 0 Å². The molecule has 0 aromatic heterocycles. The summed E-state index contributed by atoms with van der Waals surface area (Å²) in [7, 11) is 5.45. The zero-order valence-corrected chi connectivity index (χ0v) is 24.9. The summed E-state index contributed by atoms with van der Waals surface area (Å²) >= 11 is 0. The van der Waals surface area contributed by atoms with Crippen LogP contribution in [0.2, 0.25) is 0 Å². The minimum atomic E-state index is -0.700. The zero-order valence-electron chi connectivity index (χ0n) is 24.9. The summed E-state index contributed by atoms with van der Waals surface area (Å²) < 4.78 is 16.6. The Hall–Kier alpha value is -1.67. The van der Waals surface area contributed by atoms with Crippen LogP contribution in [0.3, 0.4) is 0 Å². The molecule has 0 amide bonds. The number of carbonyl (C=O) groups is 1. The van der Waals surface area contributed by atoms with Crippen molar-refractivity contribution in [1.29, 1.82) is 0 Å². The third kappa shape index (κ3) is 10.5. The van der Waals surface area contributed by atoms with Crippen molar-refractivity contribution in [2.75, 3.05) is 47.6 Å². The Morgan fingerprint density at radius 3 is 2.42 bits per heavy atom. The van der Waals surface area contributed by atoms with E-state index in [0.29, 0.717) is 50.1 Å². The predicted octanol–water partition coefficient (Wildman–Crippen LogP) is 4.58. The van der Waals surface area contributed by atoms with E-state index in [2.05, 4.69) is 51.8 Å². The molecular formula is C31H54N2O5. The summed E-state index contributed by atoms with van der Waals surface area (Å²) in [5.74, 6) is 2.88. The second kappa shape index (κ2) is 16.4. The minimum absolute atomic E-state index is 0.154. The van der Waals surface area contributed by atoms with Crippen LogP contribution in [0.25, 0.3) is 0 Å². The van der Waals surface area contributed by atoms with Gasteiger partial charge in [0.2, 0.25) is 0 Å². The van der Waals surface area contributed by atoms with Crippen molar-refractivity contribution < 1.29 is 24.1 Å². The van der Waals surface area contributed by atoms with Gasteiger partial charge in [-0.1, -0.05) is 33.8 Å². The van der Waals surface area contributed by atoms with Crippen LogP contribution in [0.5, 0.6) is 11.5 Å². The summed E-state index contributed by atoms with van der Waals surface area (Å²) in [5, 5.41) is 11.1. The molecule has 7 heteroatoms. The smallest absolute Gasteiger partial charge is 0.161 e. The number of ether oxygens (including phenoxy) is 3. The van der Waals surface area contributed by atoms with Crippen LogP contribution < -0.4 is 15.2 Å². The van der Waals surface area contributed by atoms with Gasteiger partial charge in [0.1, 0.15) is 5.78 Å². The molecule has 7 nitrogen and oxygen atoms in total. The van der Waals surface area contributed by atoms with Gasteiger partial charge in [0.05, 0.1) is 19.8 Å². The highest BCUT2D eigenvalue weighted by molar-refractivity contribution is 5.81. The summed E-state index contributed by atoms with van der Waals surface area (Å²) in [6.45, 7) is 11.8. The maximum Gasteiger partial charge on any atom is 0.161 e. The molecule has 0 bridgehead atoms. The van der Waals surface area contributed by atoms with Crippen LogP contribution in [-0.2, 0) is 16.0 Å². The van der Waals surface area contributed by atoms with Gasteiger partial charge in [-0.15, -0.1) is 0 Å². The van der Waals surface area contributed by atoms with Crippen molar-refractivity contribution in [3.05, 3.63) is 23.8 Å². The highest BCUT2D eigenvalue weighted by Gasteiger charge is 2.32. The maximum atomic E-state index is 13.2. The van der Waals surface area contributed by atoms with E-state index >= 15 is 0 Å². The van der Waals surface area contributed by atoms with Crippen molar-refractivity contribution in [3.63, 3.8) is 0 Å². The van der Waals surface area contributed by atoms with E-state index in [1.807, 2.05) is 6.07 Å². The lowest BCUT2D eigenvalue weighted by atomic mass is 9.79. The number of ketones is 1. The Balaban J connectivity index is 2.00. The first-order valence-electron chi connectivity index (χ1n) is 14.5. The Kier molecular flexibility index (Phi) is 14.1. The molecule has 1 aliphatic heterocycles. The third-order valence-electron chi connectivity index (χ3n) is 8.18. The monoisotopic (exact) mass is 534 g/mol. The van der Waals surface area contributed by atoms with E-state index < -0.39 is 6.10 Å². The van der Waals surface area contributed by atoms with Gasteiger partial charge >= 0.3 is 0 Å². The molecule has 38 heavy (non-hydrogen) atoms. The highest BCUT2D eigenvalue weighted by atomic mass is 16.5. The lowest BCUT2D eigenvalue weighted by Gasteiger charge is -2.30. The average molecular weight is 535 g/mol. The topological polar surface area (TPSA) is 94.2 Å². The second-order valence-electron chi connectivity index (χ2n) is 12.0. The molecule has 1 heterocycles. The van der Waals surface area contributed by atoms with Gasteiger partial charge < -0.3 is 30.0 Å². The van der Waals surface area contributed by atoms with E-state index in [0.717, 1.165) is 43.7 Å². The van der Waals surface area contributed by atoms with Gasteiger partial charge in [0.25, 0.3) is 0 Å². The van der Waals surface area contributed by atoms with Crippen LogP contribution >= 0.6 is 0 Å². The predicted molar refractivity (Wildman–Crippen MR) is 154 cm³/mol. The molecule has 1 fully saturated rings. The fourth-order valence-corrected chi connectivity index (χ4v) is 5.59. The third-order valence-corrected chi connectivity index (χ3v) is 8.18. The quantitative estimate of drug-likeness (QED) is 0.266. The normalized spacial score (nSPS) is 19.5. The van der Waals surface area contributed by atoms with Crippen LogP contribution in [0.4, 0.5) is 0 Å². The largest absolute Gasteiger partial charge is 0.493 e. The summed E-state index contributed by atoms with van der Waals surface area (Å²) in [6, 6.07) is 5.70. The lowest BCUT2D eigenvalue weighted by molar-refractivity contribution is -0.126. The fourth-order valence-electron chi connectivity index (χ4n) is 5.59. The Morgan fingerprint density at radius 1 is 1.11 bits per heavy atom. The molecule has 5 atom stereocenters. The van der Waals surface area contributed by atoms with Gasteiger partial charge in [0, 0.05) is 45.1 Å². The van der Waals surface area contributed by atoms with Crippen molar-refractivity contribution in [2.45, 2.75) is 78.4 Å². The minimum Gasteiger partial charge on any atom is -0.493 e. The molecule has 0 saturated carbocycles. The van der Waals surface area contributed by atoms with Crippen molar-refractivity contribution in [2.24, 2.45) is 35.3 Å². The second-order valence-corrected chi connectivity index (χ2v) is 12.0. The van der Waals surface area contributed by atoms with Crippen molar-refractivity contribution in [1.82, 2.24) is 4.90 Å². The van der Waals surface area contributed by atoms with Crippen LogP contribution in [0.1, 0.15) is 65.4 Å². The molecule has 0 radical (unpaired) electrons. The first kappa shape index (κ1) is 32.5. The van der Waals surface area contributed by atoms with E-state index in [1.54, 1.807) is 14.2 Å². The van der Waals surface area contributed by atoms with Crippen LogP contribution in [-0.4, -0.2) is 75.5 Å². The summed E-state index contributed by atoms with van der Waals surface area (Å²) in [6.07, 6.45) is 3.76. The molecular weight excluding hydrogens is 480 g/mol. The number of aliphatic hydroxyl groups excluding tert-OH is 1. The fraction of sp³-hybridized carbons (Fsp3) is 0.774. The number of Topliss-reactive ketones (excluding diaryl/α,β-unsaturated/α-hetero) is 1. The van der Waals surface area contributed by atoms with E-state index in [4.69, 9.17) is 19.9 Å². The van der Waals surface area contributed by atoms with Gasteiger partial charge in [-0.2, -0.15) is 0 Å². The number of likely N-dealkylation sites (tertiary alicyclic amines) is 1. The first-order chi connectivity index (χ1) is 18.0.